The number of benzene rings is 1. The van der Waals surface area contributed by atoms with Crippen molar-refractivity contribution in [3.05, 3.63) is 35.4 Å². The number of carbonyl (C=O) groups is 1. The minimum Gasteiger partial charge on any atom is -0.356 e. The molecule has 7 heteroatoms. The van der Waals surface area contributed by atoms with Crippen LogP contribution in [-0.2, 0) is 6.42 Å². The number of hydrogen-bond donors (Lipinski definition) is 2. The van der Waals surface area contributed by atoms with Crippen LogP contribution < -0.4 is 10.6 Å². The monoisotopic (exact) mass is 531 g/mol. The van der Waals surface area contributed by atoms with Gasteiger partial charge in [-0.05, 0) is 49.5 Å². The van der Waals surface area contributed by atoms with Gasteiger partial charge in [0, 0.05) is 45.8 Å². The van der Waals surface area contributed by atoms with Gasteiger partial charge in [-0.15, -0.1) is 24.0 Å². The minimum absolute atomic E-state index is 0. The summed E-state index contributed by atoms with van der Waals surface area (Å²) >= 11 is 0. The number of amides is 1. The van der Waals surface area contributed by atoms with Crippen molar-refractivity contribution in [3.63, 3.8) is 0 Å². The van der Waals surface area contributed by atoms with Crippen molar-refractivity contribution in [3.8, 4) is 0 Å². The Morgan fingerprint density at radius 3 is 2.33 bits per heavy atom. The van der Waals surface area contributed by atoms with Gasteiger partial charge >= 0.3 is 0 Å². The molecule has 6 nitrogen and oxygen atoms in total. The standard InChI is InChI=1S/C23H41N5O.HI/c1-8-28(9-2)21(15-18(3)4)17-26-23(24-5)25-14-13-19-11-10-12-20(16-19)22(29)27(6)7;/h10-12,16,18,21H,8-9,13-15,17H2,1-7H3,(H2,24,25,26);1H. The Morgan fingerprint density at radius 2 is 1.80 bits per heavy atom. The van der Waals surface area contributed by atoms with E-state index >= 15 is 0 Å². The van der Waals surface area contributed by atoms with Gasteiger partial charge in [0.05, 0.1) is 0 Å². The highest BCUT2D eigenvalue weighted by molar-refractivity contribution is 14.0. The van der Waals surface area contributed by atoms with Gasteiger partial charge in [0.25, 0.3) is 5.91 Å². The average Bonchev–Trinajstić information content (AvgIpc) is 2.70. The molecule has 0 spiro atoms. The van der Waals surface area contributed by atoms with Gasteiger partial charge in [0.1, 0.15) is 0 Å². The summed E-state index contributed by atoms with van der Waals surface area (Å²) in [5.41, 5.74) is 1.87. The molecule has 0 radical (unpaired) electrons. The van der Waals surface area contributed by atoms with Gasteiger partial charge in [0.2, 0.25) is 0 Å². The van der Waals surface area contributed by atoms with Crippen LogP contribution in [0, 0.1) is 5.92 Å². The molecule has 0 aliphatic rings. The molecule has 1 atom stereocenters. The number of likely N-dealkylation sites (N-methyl/N-ethyl adjacent to an activating group) is 1. The van der Waals surface area contributed by atoms with Crippen LogP contribution in [0.3, 0.4) is 0 Å². The molecule has 1 amide bonds. The Balaban J connectivity index is 0.00000841. The Labute approximate surface area is 200 Å². The van der Waals surface area contributed by atoms with Crippen molar-refractivity contribution in [2.45, 2.75) is 46.6 Å². The second kappa shape index (κ2) is 15.5. The van der Waals surface area contributed by atoms with Crippen LogP contribution in [0.5, 0.6) is 0 Å². The van der Waals surface area contributed by atoms with Gasteiger partial charge in [0.15, 0.2) is 5.96 Å². The summed E-state index contributed by atoms with van der Waals surface area (Å²) in [5.74, 6) is 1.52. The van der Waals surface area contributed by atoms with E-state index < -0.39 is 0 Å². The van der Waals surface area contributed by atoms with Crippen molar-refractivity contribution in [1.29, 1.82) is 0 Å². The van der Waals surface area contributed by atoms with E-state index in [0.29, 0.717) is 12.0 Å². The molecule has 0 aliphatic carbocycles. The first kappa shape index (κ1) is 28.6. The summed E-state index contributed by atoms with van der Waals surface area (Å²) in [4.78, 5) is 20.6. The SMILES string of the molecule is CCN(CC)C(CNC(=NC)NCCc1cccc(C(=O)N(C)C)c1)CC(C)C.I. The molecular weight excluding hydrogens is 489 g/mol. The highest BCUT2D eigenvalue weighted by atomic mass is 127. The molecule has 2 N–H and O–H groups in total. The van der Waals surface area contributed by atoms with E-state index in [4.69, 9.17) is 0 Å². The molecule has 0 heterocycles. The van der Waals surface area contributed by atoms with Crippen LogP contribution >= 0.6 is 24.0 Å². The van der Waals surface area contributed by atoms with E-state index in [2.05, 4.69) is 54.3 Å². The van der Waals surface area contributed by atoms with E-state index in [9.17, 15) is 4.79 Å². The average molecular weight is 532 g/mol. The molecule has 0 saturated heterocycles. The zero-order valence-corrected chi connectivity index (χ0v) is 22.2. The quantitative estimate of drug-likeness (QED) is 0.261. The lowest BCUT2D eigenvalue weighted by atomic mass is 10.0. The van der Waals surface area contributed by atoms with Crippen molar-refractivity contribution in [2.24, 2.45) is 10.9 Å². The van der Waals surface area contributed by atoms with Crippen LogP contribution in [0.25, 0.3) is 0 Å². The maximum absolute atomic E-state index is 12.1. The number of carbonyl (C=O) groups excluding carboxylic acids is 1. The third kappa shape index (κ3) is 10.1. The topological polar surface area (TPSA) is 60.0 Å². The maximum atomic E-state index is 12.1. The van der Waals surface area contributed by atoms with E-state index in [0.717, 1.165) is 49.7 Å². The highest BCUT2D eigenvalue weighted by Crippen LogP contribution is 2.11. The van der Waals surface area contributed by atoms with Crippen molar-refractivity contribution >= 4 is 35.8 Å². The zero-order chi connectivity index (χ0) is 21.8. The molecule has 0 aromatic heterocycles. The molecule has 1 aromatic rings. The van der Waals surface area contributed by atoms with Crippen LogP contribution in [0.2, 0.25) is 0 Å². The molecule has 0 saturated carbocycles. The molecular formula is C23H42IN5O. The van der Waals surface area contributed by atoms with Gasteiger partial charge in [-0.25, -0.2) is 0 Å². The number of rotatable bonds is 11. The Hall–Kier alpha value is -1.35. The molecule has 0 fully saturated rings. The Bertz CT molecular complexity index is 644. The molecule has 172 valence electrons. The van der Waals surface area contributed by atoms with Crippen molar-refractivity contribution in [2.75, 3.05) is 47.3 Å². The van der Waals surface area contributed by atoms with Gasteiger partial charge in [-0.1, -0.05) is 39.8 Å². The zero-order valence-electron chi connectivity index (χ0n) is 19.9. The third-order valence-electron chi connectivity index (χ3n) is 5.09. The van der Waals surface area contributed by atoms with Crippen LogP contribution in [0.4, 0.5) is 0 Å². The van der Waals surface area contributed by atoms with Gasteiger partial charge in [-0.3, -0.25) is 14.7 Å². The largest absolute Gasteiger partial charge is 0.356 e. The maximum Gasteiger partial charge on any atom is 0.253 e. The summed E-state index contributed by atoms with van der Waals surface area (Å²) in [6.45, 7) is 12.8. The normalized spacial score (nSPS) is 12.5. The predicted molar refractivity (Wildman–Crippen MR) is 139 cm³/mol. The fraction of sp³-hybridized carbons (Fsp3) is 0.652. The predicted octanol–water partition coefficient (Wildman–Crippen LogP) is 3.47. The fourth-order valence-electron chi connectivity index (χ4n) is 3.52. The molecule has 1 aromatic carbocycles. The van der Waals surface area contributed by atoms with Gasteiger partial charge < -0.3 is 15.5 Å². The lowest BCUT2D eigenvalue weighted by molar-refractivity contribution is 0.0827. The highest BCUT2D eigenvalue weighted by Gasteiger charge is 2.17. The lowest BCUT2D eigenvalue weighted by Crippen LogP contribution is -2.48. The summed E-state index contributed by atoms with van der Waals surface area (Å²) in [7, 11) is 5.36. The molecule has 0 aliphatic heterocycles. The number of nitrogens with zero attached hydrogens (tertiary/aromatic N) is 3. The number of guanidine groups is 1. The lowest BCUT2D eigenvalue weighted by Gasteiger charge is -2.31. The third-order valence-corrected chi connectivity index (χ3v) is 5.09. The Morgan fingerprint density at radius 1 is 1.13 bits per heavy atom. The van der Waals surface area contributed by atoms with Gasteiger partial charge in [-0.2, -0.15) is 0 Å². The minimum atomic E-state index is 0. The number of hydrogen-bond acceptors (Lipinski definition) is 3. The molecule has 1 unspecified atom stereocenters. The number of aliphatic imine (C=N–C) groups is 1. The second-order valence-electron chi connectivity index (χ2n) is 8.03. The molecule has 0 bridgehead atoms. The fourth-order valence-corrected chi connectivity index (χ4v) is 3.52. The summed E-state index contributed by atoms with van der Waals surface area (Å²) in [5, 5.41) is 6.89. The first-order valence-corrected chi connectivity index (χ1v) is 10.8. The second-order valence-corrected chi connectivity index (χ2v) is 8.03. The first-order chi connectivity index (χ1) is 13.8. The van der Waals surface area contributed by atoms with Crippen LogP contribution in [0.1, 0.15) is 50.0 Å². The first-order valence-electron chi connectivity index (χ1n) is 10.8. The van der Waals surface area contributed by atoms with E-state index in [1.54, 1.807) is 26.0 Å². The summed E-state index contributed by atoms with van der Waals surface area (Å²) in [6, 6.07) is 8.33. The summed E-state index contributed by atoms with van der Waals surface area (Å²) < 4.78 is 0. The van der Waals surface area contributed by atoms with Crippen LogP contribution in [0.15, 0.2) is 29.3 Å². The van der Waals surface area contributed by atoms with Crippen LogP contribution in [-0.4, -0.2) is 75.0 Å². The van der Waals surface area contributed by atoms with E-state index in [-0.39, 0.29) is 29.9 Å². The van der Waals surface area contributed by atoms with E-state index in [1.807, 2.05) is 18.2 Å². The Kier molecular flexibility index (Phi) is 14.8. The number of halogens is 1. The molecule has 1 rings (SSSR count). The van der Waals surface area contributed by atoms with Crippen molar-refractivity contribution in [1.82, 2.24) is 20.4 Å². The number of nitrogens with one attached hydrogen (secondary N) is 2. The molecule has 30 heavy (non-hydrogen) atoms. The van der Waals surface area contributed by atoms with E-state index in [1.165, 1.54) is 6.42 Å². The van der Waals surface area contributed by atoms with Crippen molar-refractivity contribution < 1.29 is 4.79 Å². The smallest absolute Gasteiger partial charge is 0.253 e. The summed E-state index contributed by atoms with van der Waals surface area (Å²) in [6.07, 6.45) is 2.00.